The molecule has 1 fully saturated rings. The molecule has 0 aliphatic carbocycles. The maximum Gasteiger partial charge on any atom is 0.259 e. The van der Waals surface area contributed by atoms with E-state index in [2.05, 4.69) is 27.9 Å². The Bertz CT molecular complexity index is 925. The lowest BCUT2D eigenvalue weighted by Crippen LogP contribution is -2.40. The summed E-state index contributed by atoms with van der Waals surface area (Å²) in [5.41, 5.74) is 0.772. The molecule has 0 aromatic heterocycles. The lowest BCUT2D eigenvalue weighted by Gasteiger charge is -2.26. The van der Waals surface area contributed by atoms with Crippen LogP contribution in [0.25, 0.3) is 0 Å². The van der Waals surface area contributed by atoms with Crippen LogP contribution in [0.1, 0.15) is 10.4 Å². The Hall–Kier alpha value is -1.69. The minimum Gasteiger partial charge on any atom is -0.496 e. The van der Waals surface area contributed by atoms with Crippen molar-refractivity contribution in [2.75, 3.05) is 38.7 Å². The number of morpholine rings is 1. The molecule has 0 saturated carbocycles. The Morgan fingerprint density at radius 2 is 1.81 bits per heavy atom. The Kier molecular flexibility index (Phi) is 6.35. The molecule has 1 heterocycles. The highest BCUT2D eigenvalue weighted by molar-refractivity contribution is 14.1. The van der Waals surface area contributed by atoms with Crippen LogP contribution in [0.4, 0.5) is 5.69 Å². The van der Waals surface area contributed by atoms with E-state index < -0.39 is 15.9 Å². The summed E-state index contributed by atoms with van der Waals surface area (Å²) >= 11 is 2.17. The van der Waals surface area contributed by atoms with E-state index in [-0.39, 0.29) is 10.5 Å². The SMILES string of the molecule is COc1ccc(S(=O)(=O)N2CCOCC2)cc1C(=O)Nc1ccc(I)cc1. The van der Waals surface area contributed by atoms with Gasteiger partial charge in [0.15, 0.2) is 0 Å². The molecule has 0 unspecified atom stereocenters. The summed E-state index contributed by atoms with van der Waals surface area (Å²) in [6.45, 7) is 1.29. The van der Waals surface area contributed by atoms with Crippen molar-refractivity contribution in [2.24, 2.45) is 0 Å². The van der Waals surface area contributed by atoms with Crippen molar-refractivity contribution in [3.05, 3.63) is 51.6 Å². The van der Waals surface area contributed by atoms with Crippen LogP contribution in [0.2, 0.25) is 0 Å². The number of anilines is 1. The minimum absolute atomic E-state index is 0.0537. The molecule has 1 amide bonds. The largest absolute Gasteiger partial charge is 0.496 e. The van der Waals surface area contributed by atoms with Crippen LogP contribution in [0.5, 0.6) is 5.75 Å². The fourth-order valence-electron chi connectivity index (χ4n) is 2.69. The molecule has 1 saturated heterocycles. The highest BCUT2D eigenvalue weighted by Crippen LogP contribution is 2.26. The van der Waals surface area contributed by atoms with Crippen molar-refractivity contribution < 1.29 is 22.7 Å². The zero-order chi connectivity index (χ0) is 19.4. The lowest BCUT2D eigenvalue weighted by molar-refractivity contribution is 0.0730. The van der Waals surface area contributed by atoms with Gasteiger partial charge in [0.05, 0.1) is 30.8 Å². The number of nitrogens with zero attached hydrogens (tertiary/aromatic N) is 1. The van der Waals surface area contributed by atoms with Gasteiger partial charge >= 0.3 is 0 Å². The third-order valence-corrected chi connectivity index (χ3v) is 6.74. The van der Waals surface area contributed by atoms with Crippen molar-refractivity contribution >= 4 is 44.2 Å². The van der Waals surface area contributed by atoms with Gasteiger partial charge < -0.3 is 14.8 Å². The van der Waals surface area contributed by atoms with Crippen LogP contribution < -0.4 is 10.1 Å². The molecular weight excluding hydrogens is 483 g/mol. The highest BCUT2D eigenvalue weighted by Gasteiger charge is 2.28. The number of halogens is 1. The molecule has 0 bridgehead atoms. The van der Waals surface area contributed by atoms with E-state index in [1.165, 1.54) is 29.6 Å². The van der Waals surface area contributed by atoms with Gasteiger partial charge in [0.2, 0.25) is 10.0 Å². The smallest absolute Gasteiger partial charge is 0.259 e. The molecule has 1 aliphatic heterocycles. The fraction of sp³-hybridized carbons (Fsp3) is 0.278. The van der Waals surface area contributed by atoms with Crippen molar-refractivity contribution in [1.29, 1.82) is 0 Å². The summed E-state index contributed by atoms with van der Waals surface area (Å²) in [6.07, 6.45) is 0. The maximum atomic E-state index is 12.9. The summed E-state index contributed by atoms with van der Waals surface area (Å²) in [4.78, 5) is 12.8. The van der Waals surface area contributed by atoms with Gasteiger partial charge in [-0.1, -0.05) is 0 Å². The topological polar surface area (TPSA) is 84.9 Å². The standard InChI is InChI=1S/C18H19IN2O5S/c1-25-17-7-6-15(27(23,24)21-8-10-26-11-9-21)12-16(17)18(22)20-14-4-2-13(19)3-5-14/h2-7,12H,8-11H2,1H3,(H,20,22). The van der Waals surface area contributed by atoms with Crippen molar-refractivity contribution in [3.8, 4) is 5.75 Å². The number of hydrogen-bond donors (Lipinski definition) is 1. The van der Waals surface area contributed by atoms with Crippen LogP contribution in [-0.4, -0.2) is 52.0 Å². The number of rotatable bonds is 5. The molecule has 3 rings (SSSR count). The van der Waals surface area contributed by atoms with Crippen LogP contribution in [-0.2, 0) is 14.8 Å². The highest BCUT2D eigenvalue weighted by atomic mass is 127. The molecule has 0 spiro atoms. The van der Waals surface area contributed by atoms with Crippen molar-refractivity contribution in [1.82, 2.24) is 4.31 Å². The van der Waals surface area contributed by atoms with E-state index in [1.807, 2.05) is 12.1 Å². The number of sulfonamides is 1. The maximum absolute atomic E-state index is 12.9. The molecular formula is C18H19IN2O5S. The van der Waals surface area contributed by atoms with E-state index in [0.29, 0.717) is 37.7 Å². The second kappa shape index (κ2) is 8.55. The number of ether oxygens (including phenoxy) is 2. The molecule has 1 N–H and O–H groups in total. The number of carbonyl (C=O) groups excluding carboxylic acids is 1. The first-order valence-electron chi connectivity index (χ1n) is 8.24. The van der Waals surface area contributed by atoms with Crippen molar-refractivity contribution in [3.63, 3.8) is 0 Å². The molecule has 0 radical (unpaired) electrons. The molecule has 0 atom stereocenters. The first-order valence-corrected chi connectivity index (χ1v) is 10.8. The second-order valence-corrected chi connectivity index (χ2v) is 9.02. The third kappa shape index (κ3) is 4.60. The van der Waals surface area contributed by atoms with Gasteiger partial charge in [-0.2, -0.15) is 4.31 Å². The zero-order valence-electron chi connectivity index (χ0n) is 14.6. The first-order chi connectivity index (χ1) is 12.9. The van der Waals surface area contributed by atoms with Crippen LogP contribution >= 0.6 is 22.6 Å². The molecule has 7 nitrogen and oxygen atoms in total. The Morgan fingerprint density at radius 3 is 2.44 bits per heavy atom. The Balaban J connectivity index is 1.91. The fourth-order valence-corrected chi connectivity index (χ4v) is 4.49. The Labute approximate surface area is 171 Å². The number of hydrogen-bond acceptors (Lipinski definition) is 5. The normalized spacial score (nSPS) is 15.3. The number of methoxy groups -OCH3 is 1. The van der Waals surface area contributed by atoms with Gasteiger partial charge in [0.1, 0.15) is 5.75 Å². The van der Waals surface area contributed by atoms with Crippen LogP contribution in [0.15, 0.2) is 47.4 Å². The number of benzene rings is 2. The third-order valence-electron chi connectivity index (χ3n) is 4.13. The van der Waals surface area contributed by atoms with Crippen LogP contribution in [0, 0.1) is 3.57 Å². The van der Waals surface area contributed by atoms with Gasteiger partial charge in [-0.05, 0) is 65.1 Å². The monoisotopic (exact) mass is 502 g/mol. The average Bonchev–Trinajstić information content (AvgIpc) is 2.69. The average molecular weight is 502 g/mol. The minimum atomic E-state index is -3.70. The number of amides is 1. The molecule has 2 aromatic carbocycles. The number of nitrogens with one attached hydrogen (secondary N) is 1. The Morgan fingerprint density at radius 1 is 1.15 bits per heavy atom. The summed E-state index contributed by atoms with van der Waals surface area (Å²) in [5, 5.41) is 2.77. The second-order valence-electron chi connectivity index (χ2n) is 5.84. The van der Waals surface area contributed by atoms with E-state index in [1.54, 1.807) is 12.1 Å². The summed E-state index contributed by atoms with van der Waals surface area (Å²) in [7, 11) is -2.27. The summed E-state index contributed by atoms with van der Waals surface area (Å²) in [6, 6.07) is 11.6. The van der Waals surface area contributed by atoms with E-state index in [9.17, 15) is 13.2 Å². The van der Waals surface area contributed by atoms with Gasteiger partial charge in [-0.15, -0.1) is 0 Å². The number of carbonyl (C=O) groups is 1. The van der Waals surface area contributed by atoms with E-state index in [4.69, 9.17) is 9.47 Å². The van der Waals surface area contributed by atoms with Crippen molar-refractivity contribution in [2.45, 2.75) is 4.90 Å². The predicted molar refractivity (Wildman–Crippen MR) is 110 cm³/mol. The van der Waals surface area contributed by atoms with Gasteiger partial charge in [0.25, 0.3) is 5.91 Å². The van der Waals surface area contributed by atoms with Gasteiger partial charge in [-0.25, -0.2) is 8.42 Å². The molecule has 1 aliphatic rings. The summed E-state index contributed by atoms with van der Waals surface area (Å²) < 4.78 is 38.6. The quantitative estimate of drug-likeness (QED) is 0.636. The molecule has 144 valence electrons. The zero-order valence-corrected chi connectivity index (χ0v) is 17.6. The van der Waals surface area contributed by atoms with Gasteiger partial charge in [-0.3, -0.25) is 4.79 Å². The molecule has 9 heteroatoms. The first kappa shape index (κ1) is 20.1. The lowest BCUT2D eigenvalue weighted by atomic mass is 10.2. The summed E-state index contributed by atoms with van der Waals surface area (Å²) in [5.74, 6) is -0.133. The predicted octanol–water partition coefficient (Wildman–Crippen LogP) is 2.57. The molecule has 27 heavy (non-hydrogen) atoms. The van der Waals surface area contributed by atoms with Crippen LogP contribution in [0.3, 0.4) is 0 Å². The van der Waals surface area contributed by atoms with E-state index in [0.717, 1.165) is 3.57 Å². The van der Waals surface area contributed by atoms with E-state index >= 15 is 0 Å². The molecule has 2 aromatic rings. The van der Waals surface area contributed by atoms with Gasteiger partial charge in [0, 0.05) is 22.3 Å².